The summed E-state index contributed by atoms with van der Waals surface area (Å²) in [5.41, 5.74) is 0.546. The van der Waals surface area contributed by atoms with Gasteiger partial charge in [-0.1, -0.05) is 54.6 Å². The molecule has 0 fully saturated rings. The maximum Gasteiger partial charge on any atom is 0.417 e. The van der Waals surface area contributed by atoms with Crippen LogP contribution in [0.5, 0.6) is 5.75 Å². The largest absolute Gasteiger partial charge is 0.493 e. The lowest BCUT2D eigenvalue weighted by Crippen LogP contribution is -2.22. The minimum absolute atomic E-state index is 0.162. The molecule has 2 N–H and O–H groups in total. The molecule has 0 heterocycles. The van der Waals surface area contributed by atoms with Gasteiger partial charge in [-0.15, -0.1) is 0 Å². The van der Waals surface area contributed by atoms with Crippen molar-refractivity contribution in [3.05, 3.63) is 77.9 Å². The van der Waals surface area contributed by atoms with Gasteiger partial charge in [0.1, 0.15) is 5.75 Å². The number of alkyl halides is 3. The lowest BCUT2D eigenvalue weighted by atomic mass is 10.0. The highest BCUT2D eigenvalue weighted by molar-refractivity contribution is 6.27. The maximum absolute atomic E-state index is 13.2. The van der Waals surface area contributed by atoms with Crippen LogP contribution in [-0.4, -0.2) is 47.8 Å². The Morgan fingerprint density at radius 1 is 0.879 bits per heavy atom. The quantitative estimate of drug-likeness (QED) is 0.496. The number of hydrogen-bond acceptors (Lipinski definition) is 4. The molecule has 0 aliphatic heterocycles. The van der Waals surface area contributed by atoms with Crippen molar-refractivity contribution in [3.63, 3.8) is 0 Å². The first-order chi connectivity index (χ1) is 15.5. The molecule has 33 heavy (non-hydrogen) atoms. The van der Waals surface area contributed by atoms with E-state index in [1.54, 1.807) is 18.2 Å². The summed E-state index contributed by atoms with van der Waals surface area (Å²) in [5, 5.41) is 15.4. The summed E-state index contributed by atoms with van der Waals surface area (Å²) >= 11 is 0. The summed E-state index contributed by atoms with van der Waals surface area (Å²) in [4.78, 5) is 20.3. The van der Waals surface area contributed by atoms with Crippen molar-refractivity contribution in [3.8, 4) is 5.75 Å². The fourth-order valence-electron chi connectivity index (χ4n) is 3.32. The second kappa shape index (κ2) is 11.3. The van der Waals surface area contributed by atoms with Crippen LogP contribution in [0.25, 0.3) is 10.8 Å². The molecule has 0 radical (unpaired) electrons. The van der Waals surface area contributed by atoms with Crippen LogP contribution >= 0.6 is 0 Å². The van der Waals surface area contributed by atoms with Crippen molar-refractivity contribution in [1.29, 1.82) is 0 Å². The zero-order valence-corrected chi connectivity index (χ0v) is 18.0. The first-order valence-electron chi connectivity index (χ1n) is 9.91. The van der Waals surface area contributed by atoms with Gasteiger partial charge in [0.15, 0.2) is 0 Å². The van der Waals surface area contributed by atoms with Crippen LogP contribution in [0.1, 0.15) is 23.6 Å². The Hall–Kier alpha value is -3.59. The highest BCUT2D eigenvalue weighted by Gasteiger charge is 2.32. The third-order valence-corrected chi connectivity index (χ3v) is 4.83. The van der Waals surface area contributed by atoms with Crippen LogP contribution in [0.3, 0.4) is 0 Å². The van der Waals surface area contributed by atoms with E-state index < -0.39 is 23.7 Å². The minimum Gasteiger partial charge on any atom is -0.493 e. The molecule has 6 nitrogen and oxygen atoms in total. The van der Waals surface area contributed by atoms with Gasteiger partial charge in [-0.3, -0.25) is 0 Å². The van der Waals surface area contributed by atoms with E-state index >= 15 is 0 Å². The molecule has 0 aliphatic carbocycles. The van der Waals surface area contributed by atoms with Crippen LogP contribution in [0.15, 0.2) is 66.7 Å². The van der Waals surface area contributed by atoms with E-state index in [2.05, 4.69) is 17.0 Å². The molecule has 0 saturated carbocycles. The number of ether oxygens (including phenoxy) is 1. The van der Waals surface area contributed by atoms with Gasteiger partial charge in [-0.05, 0) is 37.2 Å². The number of carboxylic acids is 2. The Kier molecular flexibility index (Phi) is 8.81. The van der Waals surface area contributed by atoms with Gasteiger partial charge in [-0.25, -0.2) is 9.59 Å². The van der Waals surface area contributed by atoms with E-state index in [1.807, 2.05) is 32.3 Å². The highest BCUT2D eigenvalue weighted by Crippen LogP contribution is 2.38. The molecule has 3 aromatic rings. The fraction of sp³-hybridized carbons (Fsp3) is 0.250. The molecule has 0 aromatic heterocycles. The Morgan fingerprint density at radius 2 is 1.42 bits per heavy atom. The number of halogens is 3. The molecule has 1 unspecified atom stereocenters. The SMILES string of the molecule is CN(C)C(CCOc1ccc(C(F)(F)F)c2ccccc12)c1ccccc1.O=C(O)C(=O)O. The summed E-state index contributed by atoms with van der Waals surface area (Å²) in [6, 6.07) is 19.3. The average Bonchev–Trinajstić information content (AvgIpc) is 2.76. The van der Waals surface area contributed by atoms with Crippen LogP contribution in [0.4, 0.5) is 13.2 Å². The molecule has 176 valence electrons. The van der Waals surface area contributed by atoms with Gasteiger partial charge in [-0.2, -0.15) is 13.2 Å². The van der Waals surface area contributed by atoms with E-state index in [0.29, 0.717) is 17.7 Å². The summed E-state index contributed by atoms with van der Waals surface area (Å²) in [6.07, 6.45) is -3.66. The van der Waals surface area contributed by atoms with Crippen LogP contribution in [-0.2, 0) is 15.8 Å². The lowest BCUT2D eigenvalue weighted by molar-refractivity contribution is -0.159. The standard InChI is InChI=1S/C22H22F3NO.C2H2O4/c1-26(2)20(16-8-4-3-5-9-16)14-15-27-21-13-12-19(22(23,24)25)17-10-6-7-11-18(17)21;3-1(4)2(5)6/h3-13,20H,14-15H2,1-2H3;(H,3,4)(H,5,6). The van der Waals surface area contributed by atoms with Gasteiger partial charge >= 0.3 is 18.1 Å². The Bertz CT molecular complexity index is 1070. The van der Waals surface area contributed by atoms with Crippen LogP contribution < -0.4 is 4.74 Å². The zero-order valence-electron chi connectivity index (χ0n) is 18.0. The fourth-order valence-corrected chi connectivity index (χ4v) is 3.32. The normalized spacial score (nSPS) is 12.1. The summed E-state index contributed by atoms with van der Waals surface area (Å²) < 4.78 is 45.6. The minimum atomic E-state index is -4.39. The smallest absolute Gasteiger partial charge is 0.417 e. The first-order valence-corrected chi connectivity index (χ1v) is 9.91. The Labute approximate surface area is 188 Å². The highest BCUT2D eigenvalue weighted by atomic mass is 19.4. The third kappa shape index (κ3) is 7.21. The third-order valence-electron chi connectivity index (χ3n) is 4.83. The van der Waals surface area contributed by atoms with Gasteiger partial charge in [0.25, 0.3) is 0 Å². The van der Waals surface area contributed by atoms with E-state index in [4.69, 9.17) is 24.5 Å². The topological polar surface area (TPSA) is 87.1 Å². The van der Waals surface area contributed by atoms with E-state index in [0.717, 1.165) is 12.5 Å². The number of nitrogens with zero attached hydrogens (tertiary/aromatic N) is 1. The number of hydrogen-bond donors (Lipinski definition) is 2. The number of fused-ring (bicyclic) bond motifs is 1. The molecule has 3 rings (SSSR count). The number of carboxylic acid groups (broad SMARTS) is 2. The average molecular weight is 463 g/mol. The molecular formula is C24H24F3NO5. The molecule has 0 amide bonds. The monoisotopic (exact) mass is 463 g/mol. The van der Waals surface area contributed by atoms with E-state index in [9.17, 15) is 13.2 Å². The first kappa shape index (κ1) is 25.7. The number of carbonyl (C=O) groups is 2. The van der Waals surface area contributed by atoms with Gasteiger partial charge in [0.05, 0.1) is 12.2 Å². The number of rotatable bonds is 6. The molecule has 0 aliphatic rings. The molecule has 9 heteroatoms. The second-order valence-corrected chi connectivity index (χ2v) is 7.29. The Morgan fingerprint density at radius 3 is 1.94 bits per heavy atom. The van der Waals surface area contributed by atoms with Crippen molar-refractivity contribution < 1.29 is 37.7 Å². The van der Waals surface area contributed by atoms with Gasteiger partial charge < -0.3 is 19.8 Å². The predicted molar refractivity (Wildman–Crippen MR) is 117 cm³/mol. The summed E-state index contributed by atoms with van der Waals surface area (Å²) in [7, 11) is 4.01. The molecule has 0 saturated heterocycles. The number of aliphatic carboxylic acids is 2. The van der Waals surface area contributed by atoms with Crippen molar-refractivity contribution in [1.82, 2.24) is 4.90 Å². The maximum atomic E-state index is 13.2. The van der Waals surface area contributed by atoms with Crippen molar-refractivity contribution in [2.45, 2.75) is 18.6 Å². The Balaban J connectivity index is 0.000000569. The lowest BCUT2D eigenvalue weighted by Gasteiger charge is -2.25. The second-order valence-electron chi connectivity index (χ2n) is 7.29. The number of benzene rings is 3. The van der Waals surface area contributed by atoms with Crippen LogP contribution in [0.2, 0.25) is 0 Å². The van der Waals surface area contributed by atoms with Crippen molar-refractivity contribution in [2.75, 3.05) is 20.7 Å². The molecule has 1 atom stereocenters. The summed E-state index contributed by atoms with van der Waals surface area (Å²) in [6.45, 7) is 0.410. The summed E-state index contributed by atoms with van der Waals surface area (Å²) in [5.74, 6) is -3.17. The predicted octanol–water partition coefficient (Wildman–Crippen LogP) is 5.09. The molecule has 3 aromatic carbocycles. The molecular weight excluding hydrogens is 439 g/mol. The molecule has 0 bridgehead atoms. The van der Waals surface area contributed by atoms with E-state index in [-0.39, 0.29) is 11.4 Å². The van der Waals surface area contributed by atoms with Gasteiger partial charge in [0.2, 0.25) is 0 Å². The van der Waals surface area contributed by atoms with Crippen molar-refractivity contribution in [2.24, 2.45) is 0 Å². The zero-order chi connectivity index (χ0) is 24.6. The van der Waals surface area contributed by atoms with Crippen molar-refractivity contribution >= 4 is 22.7 Å². The van der Waals surface area contributed by atoms with Gasteiger partial charge in [0, 0.05) is 17.8 Å². The van der Waals surface area contributed by atoms with E-state index in [1.165, 1.54) is 17.7 Å². The molecule has 0 spiro atoms. The van der Waals surface area contributed by atoms with Crippen LogP contribution in [0, 0.1) is 0 Å².